The number of ether oxygens (including phenoxy) is 3. The lowest BCUT2D eigenvalue weighted by molar-refractivity contribution is -0.274. The molecule has 0 aliphatic heterocycles. The van der Waals surface area contributed by atoms with Crippen LogP contribution >= 0.6 is 39.5 Å². The number of nitrogens with one attached hydrogen (secondary N) is 2. The molecule has 5 aromatic carbocycles. The summed E-state index contributed by atoms with van der Waals surface area (Å²) >= 11 is 7.04. The van der Waals surface area contributed by atoms with Crippen LogP contribution in [0, 0.1) is 11.8 Å². The smallest absolute Gasteiger partial charge is 0.469 e. The Bertz CT molecular complexity index is 2290. The van der Waals surface area contributed by atoms with E-state index >= 15 is 0 Å². The van der Waals surface area contributed by atoms with Crippen LogP contribution in [0.25, 0.3) is 11.1 Å². The van der Waals surface area contributed by atoms with Crippen molar-refractivity contribution in [3.8, 4) is 16.9 Å². The number of carbonyl (C=O) groups excluding carboxylic acids is 4. The normalized spacial score (nSPS) is 12.1. The van der Waals surface area contributed by atoms with Crippen molar-refractivity contribution in [2.45, 2.75) is 80.0 Å². The predicted octanol–water partition coefficient (Wildman–Crippen LogP) is 13.0. The van der Waals surface area contributed by atoms with Gasteiger partial charge in [-0.15, -0.1) is 36.7 Å². The monoisotopic (exact) mass is 1010 g/mol. The van der Waals surface area contributed by atoms with Gasteiger partial charge in [0.2, 0.25) is 0 Å². The summed E-state index contributed by atoms with van der Waals surface area (Å²) in [5.41, 5.74) is 5.08. The van der Waals surface area contributed by atoms with Crippen LogP contribution in [-0.2, 0) is 19.1 Å². The van der Waals surface area contributed by atoms with Crippen molar-refractivity contribution in [3.63, 3.8) is 0 Å². The maximum absolute atomic E-state index is 12.4. The molecule has 0 aliphatic carbocycles. The summed E-state index contributed by atoms with van der Waals surface area (Å²) in [6.07, 6.45) is -2.46. The topological polar surface area (TPSA) is 120 Å². The molecular formula is C51H56BrF3N2O7S2. The van der Waals surface area contributed by atoms with Crippen LogP contribution in [0.5, 0.6) is 5.75 Å². The van der Waals surface area contributed by atoms with Crippen molar-refractivity contribution in [2.24, 2.45) is 11.8 Å². The second-order valence-electron chi connectivity index (χ2n) is 15.9. The summed E-state index contributed by atoms with van der Waals surface area (Å²) in [5, 5.41) is 5.94. The first kappa shape index (κ1) is 53.4. The number of hydrogen-bond donors (Lipinski definition) is 2. The van der Waals surface area contributed by atoms with E-state index in [1.54, 1.807) is 36.0 Å². The lowest BCUT2D eigenvalue weighted by Gasteiger charge is -2.20. The third-order valence-corrected chi connectivity index (χ3v) is 12.9. The Morgan fingerprint density at radius 1 is 0.561 bits per heavy atom. The lowest BCUT2D eigenvalue weighted by atomic mass is 10.0. The average Bonchev–Trinajstić information content (AvgIpc) is 3.29. The second kappa shape index (κ2) is 26.8. The van der Waals surface area contributed by atoms with Crippen molar-refractivity contribution in [1.82, 2.24) is 10.6 Å². The molecule has 0 aliphatic rings. The van der Waals surface area contributed by atoms with Gasteiger partial charge in [-0.2, -0.15) is 0 Å². The summed E-state index contributed by atoms with van der Waals surface area (Å²) in [6, 6.07) is 37.2. The Kier molecular flexibility index (Phi) is 21.7. The Balaban J connectivity index is 0.000000302. The molecule has 2 amide bonds. The molecule has 15 heteroatoms. The van der Waals surface area contributed by atoms with Crippen LogP contribution in [0.3, 0.4) is 0 Å². The molecule has 66 heavy (non-hydrogen) atoms. The van der Waals surface area contributed by atoms with Gasteiger partial charge in [0.15, 0.2) is 0 Å². The Morgan fingerprint density at radius 3 is 1.27 bits per heavy atom. The molecule has 0 fully saturated rings. The fourth-order valence-electron chi connectivity index (χ4n) is 6.44. The highest BCUT2D eigenvalue weighted by Crippen LogP contribution is 2.42. The molecule has 0 spiro atoms. The van der Waals surface area contributed by atoms with Crippen LogP contribution in [0.2, 0.25) is 0 Å². The van der Waals surface area contributed by atoms with Gasteiger partial charge < -0.3 is 24.8 Å². The lowest BCUT2D eigenvalue weighted by Crippen LogP contribution is -2.26. The van der Waals surface area contributed by atoms with E-state index in [2.05, 4.69) is 92.7 Å². The third-order valence-electron chi connectivity index (χ3n) is 9.79. The number of thioether (sulfide) groups is 2. The van der Waals surface area contributed by atoms with Gasteiger partial charge in [-0.1, -0.05) is 92.2 Å². The number of alkyl halides is 3. The maximum Gasteiger partial charge on any atom is 0.573 e. The number of methoxy groups -OCH3 is 2. The Hall–Kier alpha value is -5.25. The highest BCUT2D eigenvalue weighted by molar-refractivity contribution is 9.10. The van der Waals surface area contributed by atoms with Crippen molar-refractivity contribution in [2.75, 3.05) is 27.3 Å². The van der Waals surface area contributed by atoms with Gasteiger partial charge in [0.05, 0.1) is 27.1 Å². The second-order valence-corrected chi connectivity index (χ2v) is 19.4. The van der Waals surface area contributed by atoms with Gasteiger partial charge in [0, 0.05) is 49.0 Å². The zero-order chi connectivity index (χ0) is 48.2. The minimum atomic E-state index is -4.72. The number of halogens is 4. The van der Waals surface area contributed by atoms with Gasteiger partial charge in [-0.05, 0) is 120 Å². The van der Waals surface area contributed by atoms with Gasteiger partial charge in [-0.25, -0.2) is 0 Å². The molecule has 0 heterocycles. The van der Waals surface area contributed by atoms with Crippen molar-refractivity contribution < 1.29 is 46.6 Å². The van der Waals surface area contributed by atoms with Crippen molar-refractivity contribution in [3.05, 3.63) is 148 Å². The zero-order valence-corrected chi connectivity index (χ0v) is 41.0. The first-order valence-corrected chi connectivity index (χ1v) is 23.9. The number of hydrogen-bond acceptors (Lipinski definition) is 9. The maximum atomic E-state index is 12.4. The van der Waals surface area contributed by atoms with Gasteiger partial charge in [-0.3, -0.25) is 19.2 Å². The van der Waals surface area contributed by atoms with E-state index in [-0.39, 0.29) is 60.7 Å². The van der Waals surface area contributed by atoms with Gasteiger partial charge in [0.1, 0.15) is 5.75 Å². The number of rotatable bonds is 20. The molecule has 0 saturated carbocycles. The zero-order valence-electron chi connectivity index (χ0n) is 37.8. The summed E-state index contributed by atoms with van der Waals surface area (Å²) in [7, 11) is 2.64. The van der Waals surface area contributed by atoms with E-state index in [0.29, 0.717) is 28.2 Å². The molecular weight excluding hydrogens is 954 g/mol. The third kappa shape index (κ3) is 18.9. The van der Waals surface area contributed by atoms with E-state index in [1.807, 2.05) is 72.4 Å². The Morgan fingerprint density at radius 2 is 0.924 bits per heavy atom. The fraction of sp³-hybridized carbons (Fsp3) is 0.333. The molecule has 352 valence electrons. The van der Waals surface area contributed by atoms with Crippen LogP contribution < -0.4 is 15.4 Å². The number of amides is 2. The first-order valence-electron chi connectivity index (χ1n) is 21.4. The fourth-order valence-corrected chi connectivity index (χ4v) is 9.50. The molecule has 5 rings (SSSR count). The van der Waals surface area contributed by atoms with E-state index in [0.717, 1.165) is 38.9 Å². The van der Waals surface area contributed by atoms with Crippen LogP contribution in [0.1, 0.15) is 95.7 Å². The Labute approximate surface area is 402 Å². The van der Waals surface area contributed by atoms with Crippen LogP contribution in [0.15, 0.2) is 136 Å². The molecule has 0 bridgehead atoms. The van der Waals surface area contributed by atoms with Gasteiger partial charge >= 0.3 is 18.3 Å². The summed E-state index contributed by atoms with van der Waals surface area (Å²) < 4.78 is 51.3. The molecule has 9 nitrogen and oxygen atoms in total. The minimum Gasteiger partial charge on any atom is -0.469 e. The van der Waals surface area contributed by atoms with Crippen molar-refractivity contribution in [1.29, 1.82) is 0 Å². The summed E-state index contributed by atoms with van der Waals surface area (Å²) in [5.74, 6) is -0.388. The molecule has 2 atom stereocenters. The number of esters is 2. The highest BCUT2D eigenvalue weighted by atomic mass is 79.9. The molecule has 2 unspecified atom stereocenters. The van der Waals surface area contributed by atoms with E-state index in [4.69, 9.17) is 0 Å². The molecule has 5 aromatic rings. The van der Waals surface area contributed by atoms with Crippen LogP contribution in [0.4, 0.5) is 13.2 Å². The van der Waals surface area contributed by atoms with Crippen molar-refractivity contribution >= 4 is 63.2 Å². The molecule has 2 N–H and O–H groups in total. The van der Waals surface area contributed by atoms with E-state index in [9.17, 15) is 32.3 Å². The minimum absolute atomic E-state index is 0.115. The molecule has 0 radical (unpaired) electrons. The van der Waals surface area contributed by atoms with E-state index in [1.165, 1.54) is 36.8 Å². The first-order chi connectivity index (χ1) is 31.4. The average molecular weight is 1010 g/mol. The SMILES string of the molecule is COC(=O)CCNC(=O)c1ccc(C(CC(C)C)Sc2ccc(-c3ccc(OC(F)(F)F)cc3)cc2)cc1.COC(=O)CCNC(=O)c1ccc(C(CC(C)C)Sc2ccc(Br)cc2)cc1. The van der Waals surface area contributed by atoms with E-state index < -0.39 is 6.36 Å². The standard InChI is InChI=1S/C29H30F3NO4S.C22H26BrNO3S/c1-19(2)18-26(22-4-6-23(7-5-22)28(35)33-17-16-27(34)36-3)38-25-14-10-21(11-15-25)20-8-12-24(13-9-20)37-29(30,31)32;1-15(2)14-20(28-19-10-8-18(23)9-11-19)16-4-6-17(7-5-16)22(26)24-13-12-21(25)27-3/h4-15,19,26H,16-18H2,1-3H3,(H,33,35);4-11,15,20H,12-14H2,1-3H3,(H,24,26). The summed E-state index contributed by atoms with van der Waals surface area (Å²) in [6.45, 7) is 9.23. The largest absolute Gasteiger partial charge is 0.573 e. The quantitative estimate of drug-likeness (QED) is 0.0580. The van der Waals surface area contributed by atoms with Gasteiger partial charge in [0.25, 0.3) is 11.8 Å². The molecule has 0 saturated heterocycles. The highest BCUT2D eigenvalue weighted by Gasteiger charge is 2.31. The molecule has 0 aromatic heterocycles. The summed E-state index contributed by atoms with van der Waals surface area (Å²) in [4.78, 5) is 49.2. The van der Waals surface area contributed by atoms with Crippen LogP contribution in [-0.4, -0.2) is 57.4 Å². The predicted molar refractivity (Wildman–Crippen MR) is 260 cm³/mol. The number of benzene rings is 5. The number of carbonyl (C=O) groups is 4.